The van der Waals surface area contributed by atoms with Crippen molar-refractivity contribution in [3.8, 4) is 6.07 Å². The Morgan fingerprint density at radius 2 is 1.93 bits per heavy atom. The fourth-order valence-corrected chi connectivity index (χ4v) is 3.59. The fourth-order valence-electron chi connectivity index (χ4n) is 3.59. The summed E-state index contributed by atoms with van der Waals surface area (Å²) in [6, 6.07) is 17.9. The van der Waals surface area contributed by atoms with Gasteiger partial charge in [0.2, 0.25) is 0 Å². The van der Waals surface area contributed by atoms with Crippen LogP contribution >= 0.6 is 0 Å². The highest BCUT2D eigenvalue weighted by atomic mass is 16.1. The van der Waals surface area contributed by atoms with Crippen LogP contribution in [-0.2, 0) is 6.42 Å². The van der Waals surface area contributed by atoms with Crippen molar-refractivity contribution in [2.75, 3.05) is 5.32 Å². The second kappa shape index (κ2) is 7.76. The molecule has 0 radical (unpaired) electrons. The first-order valence-electron chi connectivity index (χ1n) is 9.83. The van der Waals surface area contributed by atoms with E-state index in [1.165, 1.54) is 22.8 Å². The highest BCUT2D eigenvalue weighted by molar-refractivity contribution is 5.82. The maximum absolute atomic E-state index is 13.2. The van der Waals surface area contributed by atoms with Gasteiger partial charge in [0.15, 0.2) is 5.65 Å². The van der Waals surface area contributed by atoms with Crippen LogP contribution in [0.25, 0.3) is 22.9 Å². The van der Waals surface area contributed by atoms with Crippen LogP contribution < -0.4 is 16.1 Å². The molecule has 5 heteroatoms. The Kier molecular flexibility index (Phi) is 5.01. The van der Waals surface area contributed by atoms with Gasteiger partial charge in [0.1, 0.15) is 6.07 Å². The zero-order valence-electron chi connectivity index (χ0n) is 16.6. The number of unbranched alkanes of at least 4 members (excludes halogenated alkanes) is 1. The minimum absolute atomic E-state index is 0.183. The molecule has 29 heavy (non-hydrogen) atoms. The van der Waals surface area contributed by atoms with E-state index in [4.69, 9.17) is 0 Å². The first-order valence-corrected chi connectivity index (χ1v) is 9.83. The average Bonchev–Trinajstić information content (AvgIpc) is 3.12. The van der Waals surface area contributed by atoms with Gasteiger partial charge in [-0.15, -0.1) is 0 Å². The monoisotopic (exact) mass is 382 g/mol. The van der Waals surface area contributed by atoms with Crippen LogP contribution in [0.15, 0.2) is 53.3 Å². The van der Waals surface area contributed by atoms with Gasteiger partial charge in [-0.05, 0) is 55.2 Å². The van der Waals surface area contributed by atoms with Crippen LogP contribution in [0.1, 0.15) is 36.5 Å². The molecule has 0 bridgehead atoms. The third kappa shape index (κ3) is 3.34. The number of aromatic nitrogens is 2. The van der Waals surface area contributed by atoms with Crippen molar-refractivity contribution < 1.29 is 0 Å². The number of hydrogen-bond acceptors (Lipinski definition) is 4. The van der Waals surface area contributed by atoms with Crippen LogP contribution in [0.4, 0.5) is 5.69 Å². The number of pyridine rings is 1. The normalized spacial score (nSPS) is 11.8. The third-order valence-corrected chi connectivity index (χ3v) is 5.26. The molecule has 0 fully saturated rings. The molecule has 144 valence electrons. The van der Waals surface area contributed by atoms with Crippen molar-refractivity contribution in [2.24, 2.45) is 0 Å². The molecule has 0 aliphatic rings. The van der Waals surface area contributed by atoms with E-state index < -0.39 is 0 Å². The van der Waals surface area contributed by atoms with Crippen molar-refractivity contribution in [3.63, 3.8) is 0 Å². The Balaban J connectivity index is 1.82. The van der Waals surface area contributed by atoms with Gasteiger partial charge in [-0.1, -0.05) is 37.6 Å². The van der Waals surface area contributed by atoms with E-state index in [2.05, 4.69) is 35.4 Å². The molecule has 0 atom stereocenters. The van der Waals surface area contributed by atoms with Gasteiger partial charge in [0, 0.05) is 11.9 Å². The summed E-state index contributed by atoms with van der Waals surface area (Å²) >= 11 is 0. The number of nitrogens with zero attached hydrogens (tertiary/aromatic N) is 3. The molecule has 2 aromatic carbocycles. The summed E-state index contributed by atoms with van der Waals surface area (Å²) in [5.74, 6) is 0. The second-order valence-corrected chi connectivity index (χ2v) is 7.18. The summed E-state index contributed by atoms with van der Waals surface area (Å²) < 4.78 is 1.53. The number of para-hydroxylation sites is 2. The Hall–Kier alpha value is -3.65. The van der Waals surface area contributed by atoms with E-state index in [0.717, 1.165) is 12.1 Å². The van der Waals surface area contributed by atoms with Crippen LogP contribution in [0, 0.1) is 18.3 Å². The lowest BCUT2D eigenvalue weighted by Gasteiger charge is -2.05. The molecule has 0 unspecified atom stereocenters. The van der Waals surface area contributed by atoms with Crippen molar-refractivity contribution in [1.82, 2.24) is 9.38 Å². The molecule has 2 aromatic heterocycles. The molecule has 1 N–H and O–H groups in total. The maximum atomic E-state index is 13.2. The van der Waals surface area contributed by atoms with E-state index in [9.17, 15) is 10.1 Å². The number of rotatable bonds is 5. The average molecular weight is 382 g/mol. The van der Waals surface area contributed by atoms with E-state index in [1.807, 2.05) is 36.4 Å². The molecule has 0 saturated heterocycles. The summed E-state index contributed by atoms with van der Waals surface area (Å²) in [6.45, 7) is 3.98. The van der Waals surface area contributed by atoms with Gasteiger partial charge >= 0.3 is 0 Å². The summed E-state index contributed by atoms with van der Waals surface area (Å²) in [4.78, 5) is 17.7. The van der Waals surface area contributed by atoms with Crippen molar-refractivity contribution >= 4 is 28.6 Å². The van der Waals surface area contributed by atoms with Crippen LogP contribution in [0.2, 0.25) is 0 Å². The predicted octanol–water partition coefficient (Wildman–Crippen LogP) is 3.94. The first-order chi connectivity index (χ1) is 14.1. The molecule has 4 aromatic rings. The summed E-state index contributed by atoms with van der Waals surface area (Å²) in [6.07, 6.45) is 5.10. The van der Waals surface area contributed by atoms with E-state index in [-0.39, 0.29) is 5.56 Å². The number of anilines is 1. The molecule has 2 heterocycles. The van der Waals surface area contributed by atoms with E-state index in [0.29, 0.717) is 33.0 Å². The molecule has 4 rings (SSSR count). The minimum Gasteiger partial charge on any atom is -0.361 e. The van der Waals surface area contributed by atoms with Crippen molar-refractivity contribution in [1.29, 1.82) is 5.26 Å². The second-order valence-electron chi connectivity index (χ2n) is 7.18. The summed E-state index contributed by atoms with van der Waals surface area (Å²) in [7, 11) is 0. The van der Waals surface area contributed by atoms with Crippen LogP contribution in [-0.4, -0.2) is 9.38 Å². The standard InChI is InChI=1S/C24H22N4O/c1-3-4-7-17-10-12-18(13-11-17)26-15-20-16(2)19(14-25)23-27-21-8-5-6-9-22(21)28(23)24(20)29/h5-6,8-13,15,26H,3-4,7H2,1-2H3/b20-15+. The molecule has 0 spiro atoms. The fraction of sp³-hybridized carbons (Fsp3) is 0.208. The summed E-state index contributed by atoms with van der Waals surface area (Å²) in [5, 5.41) is 13.4. The maximum Gasteiger partial charge on any atom is 0.265 e. The van der Waals surface area contributed by atoms with Gasteiger partial charge in [-0.3, -0.25) is 9.20 Å². The lowest BCUT2D eigenvalue weighted by molar-refractivity contribution is 0.795. The van der Waals surface area contributed by atoms with Gasteiger partial charge in [0.25, 0.3) is 5.56 Å². The summed E-state index contributed by atoms with van der Waals surface area (Å²) in [5.41, 5.74) is 4.89. The largest absolute Gasteiger partial charge is 0.361 e. The third-order valence-electron chi connectivity index (χ3n) is 5.26. The number of aryl methyl sites for hydroxylation is 1. The Morgan fingerprint density at radius 3 is 2.66 bits per heavy atom. The van der Waals surface area contributed by atoms with Gasteiger partial charge in [0.05, 0.1) is 21.8 Å². The SMILES string of the molecule is CCCCc1ccc(N/C=c2\c(C)c(C#N)c3nc4ccccc4n3c2=O)cc1. The van der Waals surface area contributed by atoms with Gasteiger partial charge in [-0.2, -0.15) is 5.26 Å². The molecular weight excluding hydrogens is 360 g/mol. The zero-order chi connectivity index (χ0) is 20.4. The quantitative estimate of drug-likeness (QED) is 0.568. The zero-order valence-corrected chi connectivity index (χ0v) is 16.6. The van der Waals surface area contributed by atoms with Crippen molar-refractivity contribution in [2.45, 2.75) is 33.1 Å². The highest BCUT2D eigenvalue weighted by Gasteiger charge is 2.15. The predicted molar refractivity (Wildman–Crippen MR) is 117 cm³/mol. The number of fused-ring (bicyclic) bond motifs is 3. The molecular formula is C24H22N4O. The Bertz CT molecular complexity index is 1340. The molecule has 0 amide bonds. The highest BCUT2D eigenvalue weighted by Crippen LogP contribution is 2.17. The van der Waals surface area contributed by atoms with Crippen molar-refractivity contribution in [3.05, 3.63) is 80.8 Å². The number of hydrogen-bond donors (Lipinski definition) is 1. The lowest BCUT2D eigenvalue weighted by atomic mass is 10.1. The van der Waals surface area contributed by atoms with E-state index in [1.54, 1.807) is 13.1 Å². The minimum atomic E-state index is -0.183. The van der Waals surface area contributed by atoms with Gasteiger partial charge in [-0.25, -0.2) is 4.98 Å². The lowest BCUT2D eigenvalue weighted by Crippen LogP contribution is -2.34. The molecule has 0 aliphatic heterocycles. The molecule has 5 nitrogen and oxygen atoms in total. The smallest absolute Gasteiger partial charge is 0.265 e. The number of nitriles is 1. The Labute approximate surface area is 168 Å². The van der Waals surface area contributed by atoms with Crippen LogP contribution in [0.3, 0.4) is 0 Å². The van der Waals surface area contributed by atoms with Gasteiger partial charge < -0.3 is 5.32 Å². The number of nitrogens with one attached hydrogen (secondary N) is 1. The van der Waals surface area contributed by atoms with E-state index >= 15 is 0 Å². The topological polar surface area (TPSA) is 70.2 Å². The van der Waals surface area contributed by atoms with Crippen LogP contribution in [0.5, 0.6) is 0 Å². The number of imidazole rings is 1. The molecule has 0 saturated carbocycles. The number of benzene rings is 2. The molecule has 0 aliphatic carbocycles. The first kappa shape index (κ1) is 18.7. The Morgan fingerprint density at radius 1 is 1.17 bits per heavy atom.